The average molecular weight is 371 g/mol. The molecule has 9 heteroatoms. The van der Waals surface area contributed by atoms with Gasteiger partial charge in [0.25, 0.3) is 0 Å². The van der Waals surface area contributed by atoms with E-state index in [1.165, 1.54) is 0 Å². The lowest BCUT2D eigenvalue weighted by Gasteiger charge is -2.34. The van der Waals surface area contributed by atoms with Crippen molar-refractivity contribution in [3.8, 4) is 0 Å². The molecule has 2 N–H and O–H groups in total. The van der Waals surface area contributed by atoms with Gasteiger partial charge in [-0.05, 0) is 43.9 Å². The summed E-state index contributed by atoms with van der Waals surface area (Å²) in [5.41, 5.74) is 4.57. The van der Waals surface area contributed by atoms with Gasteiger partial charge in [-0.3, -0.25) is 0 Å². The van der Waals surface area contributed by atoms with Crippen LogP contribution in [0.5, 0.6) is 0 Å². The van der Waals surface area contributed by atoms with Crippen molar-refractivity contribution in [2.75, 3.05) is 13.1 Å². The van der Waals surface area contributed by atoms with E-state index in [0.29, 0.717) is 12.5 Å². The fourth-order valence-corrected chi connectivity index (χ4v) is 4.61. The molecule has 0 saturated carbocycles. The number of halogens is 4. The van der Waals surface area contributed by atoms with Crippen LogP contribution >= 0.6 is 11.6 Å². The molecule has 4 nitrogen and oxygen atoms in total. The Balaban J connectivity index is 2.44. The Morgan fingerprint density at radius 2 is 2.04 bits per heavy atom. The van der Waals surface area contributed by atoms with Gasteiger partial charge in [0.1, 0.15) is 0 Å². The maximum Gasteiger partial charge on any atom is 0.417 e. The van der Waals surface area contributed by atoms with E-state index in [1.807, 2.05) is 0 Å². The van der Waals surface area contributed by atoms with Crippen LogP contribution in [-0.2, 0) is 16.2 Å². The zero-order chi connectivity index (χ0) is 17.4. The van der Waals surface area contributed by atoms with Crippen molar-refractivity contribution >= 4 is 21.6 Å². The Kier molecular flexibility index (Phi) is 5.30. The van der Waals surface area contributed by atoms with Gasteiger partial charge in [0.15, 0.2) is 0 Å². The molecule has 0 unspecified atom stereocenters. The van der Waals surface area contributed by atoms with E-state index in [1.54, 1.807) is 6.92 Å². The molecule has 1 fully saturated rings. The summed E-state index contributed by atoms with van der Waals surface area (Å²) in [6.07, 6.45) is -3.47. The highest BCUT2D eigenvalue weighted by Gasteiger charge is 2.40. The Labute approximate surface area is 138 Å². The second-order valence-corrected chi connectivity index (χ2v) is 8.11. The molecule has 0 aliphatic carbocycles. The third-order valence-corrected chi connectivity index (χ3v) is 6.19. The Morgan fingerprint density at radius 3 is 2.61 bits per heavy atom. The fourth-order valence-electron chi connectivity index (χ4n) is 2.71. The molecular weight excluding hydrogens is 353 g/mol. The molecule has 1 aromatic carbocycles. The standard InChI is InChI=1S/C14H18ClF3N2O2S/c1-9(19)10-3-2-6-20(8-10)23(21,22)13-5-4-11(15)7-12(13)14(16,17)18/h4-5,7,9-10H,2-3,6,8,19H2,1H3/t9-,10+/m0/s1. The van der Waals surface area contributed by atoms with Crippen LogP contribution in [0.1, 0.15) is 25.3 Å². The molecule has 1 saturated heterocycles. The lowest BCUT2D eigenvalue weighted by atomic mass is 9.93. The molecule has 0 radical (unpaired) electrons. The van der Waals surface area contributed by atoms with Crippen LogP contribution in [0, 0.1) is 5.92 Å². The van der Waals surface area contributed by atoms with Crippen LogP contribution in [0.2, 0.25) is 5.02 Å². The number of hydrogen-bond donors (Lipinski definition) is 1. The van der Waals surface area contributed by atoms with Crippen molar-refractivity contribution in [3.05, 3.63) is 28.8 Å². The topological polar surface area (TPSA) is 63.4 Å². The van der Waals surface area contributed by atoms with Gasteiger partial charge in [-0.25, -0.2) is 8.42 Å². The maximum atomic E-state index is 13.2. The molecule has 2 atom stereocenters. The predicted molar refractivity (Wildman–Crippen MR) is 81.6 cm³/mol. The lowest BCUT2D eigenvalue weighted by Crippen LogP contribution is -2.45. The van der Waals surface area contributed by atoms with Gasteiger partial charge in [-0.15, -0.1) is 0 Å². The number of hydrogen-bond acceptors (Lipinski definition) is 3. The third kappa shape index (κ3) is 3.99. The van der Waals surface area contributed by atoms with Gasteiger partial charge in [-0.1, -0.05) is 11.6 Å². The number of alkyl halides is 3. The Morgan fingerprint density at radius 1 is 1.39 bits per heavy atom. The van der Waals surface area contributed by atoms with Gasteiger partial charge >= 0.3 is 6.18 Å². The maximum absolute atomic E-state index is 13.2. The van der Waals surface area contributed by atoms with Crippen molar-refractivity contribution in [3.63, 3.8) is 0 Å². The number of nitrogens with zero attached hydrogens (tertiary/aromatic N) is 1. The summed E-state index contributed by atoms with van der Waals surface area (Å²) in [5.74, 6) is -0.0693. The van der Waals surface area contributed by atoms with E-state index in [9.17, 15) is 21.6 Å². The molecule has 0 bridgehead atoms. The van der Waals surface area contributed by atoms with Crippen LogP contribution < -0.4 is 5.73 Å². The summed E-state index contributed by atoms with van der Waals surface area (Å²) in [4.78, 5) is -0.764. The van der Waals surface area contributed by atoms with Crippen LogP contribution in [-0.4, -0.2) is 31.9 Å². The molecular formula is C14H18ClF3N2O2S. The summed E-state index contributed by atoms with van der Waals surface area (Å²) < 4.78 is 65.9. The predicted octanol–water partition coefficient (Wildman–Crippen LogP) is 3.11. The minimum atomic E-state index is -4.80. The highest BCUT2D eigenvalue weighted by Crippen LogP contribution is 2.37. The summed E-state index contributed by atoms with van der Waals surface area (Å²) in [6.45, 7) is 2.08. The van der Waals surface area contributed by atoms with E-state index in [2.05, 4.69) is 0 Å². The molecule has 1 aromatic rings. The molecule has 23 heavy (non-hydrogen) atoms. The van der Waals surface area contributed by atoms with E-state index < -0.39 is 26.7 Å². The summed E-state index contributed by atoms with van der Waals surface area (Å²) in [5, 5.41) is -0.164. The molecule has 130 valence electrons. The molecule has 0 aromatic heterocycles. The zero-order valence-electron chi connectivity index (χ0n) is 12.5. The van der Waals surface area contributed by atoms with Crippen molar-refractivity contribution < 1.29 is 21.6 Å². The summed E-state index contributed by atoms with van der Waals surface area (Å²) in [6, 6.07) is 2.48. The van der Waals surface area contributed by atoms with E-state index >= 15 is 0 Å². The van der Waals surface area contributed by atoms with E-state index in [0.717, 1.165) is 22.9 Å². The lowest BCUT2D eigenvalue weighted by molar-refractivity contribution is -0.139. The highest BCUT2D eigenvalue weighted by atomic mass is 35.5. The first-order valence-electron chi connectivity index (χ1n) is 7.16. The van der Waals surface area contributed by atoms with Crippen LogP contribution in [0.4, 0.5) is 13.2 Å². The molecule has 1 aliphatic rings. The summed E-state index contributed by atoms with van der Waals surface area (Å²) >= 11 is 5.60. The minimum Gasteiger partial charge on any atom is -0.328 e. The number of sulfonamides is 1. The quantitative estimate of drug-likeness (QED) is 0.889. The largest absolute Gasteiger partial charge is 0.417 e. The van der Waals surface area contributed by atoms with Crippen molar-refractivity contribution in [1.29, 1.82) is 0 Å². The van der Waals surface area contributed by atoms with E-state index in [-0.39, 0.29) is 30.1 Å². The molecule has 1 heterocycles. The van der Waals surface area contributed by atoms with Crippen LogP contribution in [0.25, 0.3) is 0 Å². The van der Waals surface area contributed by atoms with Crippen LogP contribution in [0.15, 0.2) is 23.1 Å². The Hall–Kier alpha value is -0.830. The first-order chi connectivity index (χ1) is 10.5. The SMILES string of the molecule is C[C@H](N)[C@@H]1CCCN(S(=O)(=O)c2ccc(Cl)cc2C(F)(F)F)C1. The second kappa shape index (κ2) is 6.58. The van der Waals surface area contributed by atoms with Gasteiger partial charge in [0.05, 0.1) is 10.5 Å². The normalized spacial score (nSPS) is 22.1. The second-order valence-electron chi connectivity index (χ2n) is 5.76. The first kappa shape index (κ1) is 18.5. The van der Waals surface area contributed by atoms with Crippen molar-refractivity contribution in [2.24, 2.45) is 11.7 Å². The van der Waals surface area contributed by atoms with Gasteiger partial charge in [0.2, 0.25) is 10.0 Å². The first-order valence-corrected chi connectivity index (χ1v) is 8.97. The average Bonchev–Trinajstić information content (AvgIpc) is 2.46. The number of nitrogens with two attached hydrogens (primary N) is 1. The van der Waals surface area contributed by atoms with Crippen LogP contribution in [0.3, 0.4) is 0 Å². The molecule has 0 amide bonds. The minimum absolute atomic E-state index is 0.0693. The monoisotopic (exact) mass is 370 g/mol. The number of rotatable bonds is 3. The van der Waals surface area contributed by atoms with Gasteiger partial charge in [-0.2, -0.15) is 17.5 Å². The molecule has 2 rings (SSSR count). The van der Waals surface area contributed by atoms with Gasteiger partial charge < -0.3 is 5.73 Å². The third-order valence-electron chi connectivity index (χ3n) is 4.03. The van der Waals surface area contributed by atoms with Crippen molar-refractivity contribution in [2.45, 2.75) is 36.9 Å². The highest BCUT2D eigenvalue weighted by molar-refractivity contribution is 7.89. The zero-order valence-corrected chi connectivity index (χ0v) is 14.0. The molecule has 1 aliphatic heterocycles. The number of piperidine rings is 1. The Bertz CT molecular complexity index is 677. The van der Waals surface area contributed by atoms with Crippen molar-refractivity contribution in [1.82, 2.24) is 4.31 Å². The fraction of sp³-hybridized carbons (Fsp3) is 0.571. The smallest absolute Gasteiger partial charge is 0.328 e. The molecule has 0 spiro atoms. The van der Waals surface area contributed by atoms with Gasteiger partial charge in [0, 0.05) is 24.2 Å². The summed E-state index contributed by atoms with van der Waals surface area (Å²) in [7, 11) is -4.26. The van der Waals surface area contributed by atoms with E-state index in [4.69, 9.17) is 17.3 Å². The number of benzene rings is 1.